The van der Waals surface area contributed by atoms with Crippen LogP contribution in [-0.4, -0.2) is 48.1 Å². The van der Waals surface area contributed by atoms with E-state index in [1.165, 1.54) is 0 Å². The van der Waals surface area contributed by atoms with Gasteiger partial charge in [-0.05, 0) is 24.3 Å². The van der Waals surface area contributed by atoms with E-state index in [9.17, 15) is 14.7 Å². The Bertz CT molecular complexity index is 851. The Balaban J connectivity index is 1.77. The molecule has 1 aliphatic rings. The third-order valence-electron chi connectivity index (χ3n) is 4.74. The highest BCUT2D eigenvalue weighted by molar-refractivity contribution is 5.91. The van der Waals surface area contributed by atoms with Crippen molar-refractivity contribution in [1.29, 1.82) is 0 Å². The second kappa shape index (κ2) is 7.92. The second-order valence-electron chi connectivity index (χ2n) is 7.93. The molecule has 0 radical (unpaired) electrons. The predicted octanol–water partition coefficient (Wildman–Crippen LogP) is 3.87. The first-order chi connectivity index (χ1) is 13.3. The molecular formula is C22H26N2O4. The van der Waals surface area contributed by atoms with Crippen LogP contribution in [0.4, 0.5) is 5.69 Å². The zero-order chi connectivity index (χ0) is 20.3. The molecule has 2 aromatic carbocycles. The number of rotatable bonds is 4. The monoisotopic (exact) mass is 382 g/mol. The molecule has 0 atom stereocenters. The van der Waals surface area contributed by atoms with Crippen LogP contribution in [0, 0.1) is 5.41 Å². The number of amides is 1. The van der Waals surface area contributed by atoms with Crippen molar-refractivity contribution in [3.8, 4) is 11.5 Å². The van der Waals surface area contributed by atoms with E-state index in [4.69, 9.17) is 4.74 Å². The molecule has 3 rings (SSSR count). The van der Waals surface area contributed by atoms with Crippen LogP contribution < -0.4 is 9.64 Å². The van der Waals surface area contributed by atoms with Crippen LogP contribution in [0.3, 0.4) is 0 Å². The van der Waals surface area contributed by atoms with Gasteiger partial charge >= 0.3 is 5.97 Å². The van der Waals surface area contributed by atoms with E-state index in [2.05, 4.69) is 4.90 Å². The Morgan fingerprint density at radius 3 is 2.18 bits per heavy atom. The van der Waals surface area contributed by atoms with E-state index >= 15 is 0 Å². The van der Waals surface area contributed by atoms with Gasteiger partial charge in [0.25, 0.3) is 0 Å². The van der Waals surface area contributed by atoms with Gasteiger partial charge in [0, 0.05) is 43.3 Å². The number of piperazine rings is 1. The molecule has 148 valence electrons. The lowest BCUT2D eigenvalue weighted by atomic mass is 9.94. The maximum absolute atomic E-state index is 12.5. The minimum atomic E-state index is -1.03. The summed E-state index contributed by atoms with van der Waals surface area (Å²) < 4.78 is 5.83. The van der Waals surface area contributed by atoms with Crippen molar-refractivity contribution in [3.63, 3.8) is 0 Å². The number of hydrogen-bond donors (Lipinski definition) is 1. The molecular weight excluding hydrogens is 356 g/mol. The number of benzene rings is 2. The summed E-state index contributed by atoms with van der Waals surface area (Å²) in [6.07, 6.45) is 0. The van der Waals surface area contributed by atoms with Gasteiger partial charge in [-0.15, -0.1) is 0 Å². The van der Waals surface area contributed by atoms with Gasteiger partial charge in [-0.2, -0.15) is 0 Å². The van der Waals surface area contributed by atoms with Crippen LogP contribution in [0.2, 0.25) is 0 Å². The van der Waals surface area contributed by atoms with E-state index in [1.54, 1.807) is 30.3 Å². The molecule has 1 aliphatic heterocycles. The van der Waals surface area contributed by atoms with Crippen molar-refractivity contribution in [2.24, 2.45) is 5.41 Å². The van der Waals surface area contributed by atoms with Crippen molar-refractivity contribution in [2.45, 2.75) is 20.8 Å². The van der Waals surface area contributed by atoms with Gasteiger partial charge in [0.05, 0.1) is 0 Å². The molecule has 1 fully saturated rings. The quantitative estimate of drug-likeness (QED) is 0.869. The molecule has 0 unspecified atom stereocenters. The molecule has 1 amide bonds. The molecule has 1 saturated heterocycles. The third kappa shape index (κ3) is 4.44. The molecule has 28 heavy (non-hydrogen) atoms. The number of para-hydroxylation sites is 1. The number of hydrogen-bond acceptors (Lipinski definition) is 4. The van der Waals surface area contributed by atoms with Crippen LogP contribution in [0.15, 0.2) is 48.5 Å². The predicted molar refractivity (Wildman–Crippen MR) is 108 cm³/mol. The Kier molecular flexibility index (Phi) is 5.58. The summed E-state index contributed by atoms with van der Waals surface area (Å²) in [6.45, 7) is 8.47. The summed E-state index contributed by atoms with van der Waals surface area (Å²) in [4.78, 5) is 28.1. The Labute approximate surface area is 165 Å². The normalized spacial score (nSPS) is 14.7. The topological polar surface area (TPSA) is 70.1 Å². The molecule has 0 aromatic heterocycles. The number of anilines is 1. The van der Waals surface area contributed by atoms with E-state index in [0.717, 1.165) is 5.69 Å². The van der Waals surface area contributed by atoms with Crippen molar-refractivity contribution < 1.29 is 19.4 Å². The molecule has 2 aromatic rings. The van der Waals surface area contributed by atoms with Crippen LogP contribution in [0.5, 0.6) is 11.5 Å². The minimum Gasteiger partial charge on any atom is -0.478 e. The van der Waals surface area contributed by atoms with Gasteiger partial charge in [0.15, 0.2) is 0 Å². The first kappa shape index (κ1) is 19.7. The fraction of sp³-hybridized carbons (Fsp3) is 0.364. The Hall–Kier alpha value is -3.02. The zero-order valence-electron chi connectivity index (χ0n) is 16.5. The molecule has 0 aliphatic carbocycles. The zero-order valence-corrected chi connectivity index (χ0v) is 16.5. The summed E-state index contributed by atoms with van der Waals surface area (Å²) in [7, 11) is 0. The van der Waals surface area contributed by atoms with Gasteiger partial charge < -0.3 is 19.6 Å². The first-order valence-electron chi connectivity index (χ1n) is 9.40. The standard InChI is InChI=1S/C22H26N2O4/c1-22(2,3)21(27)24-13-11-23(12-14-24)16-9-10-18(20(25)26)19(15-16)28-17-7-5-4-6-8-17/h4-10,15H,11-14H2,1-3H3,(H,25,26). The van der Waals surface area contributed by atoms with Crippen molar-refractivity contribution in [2.75, 3.05) is 31.1 Å². The highest BCUT2D eigenvalue weighted by Crippen LogP contribution is 2.31. The highest BCUT2D eigenvalue weighted by atomic mass is 16.5. The lowest BCUT2D eigenvalue weighted by Crippen LogP contribution is -2.51. The highest BCUT2D eigenvalue weighted by Gasteiger charge is 2.30. The van der Waals surface area contributed by atoms with E-state index in [1.807, 2.05) is 43.9 Å². The second-order valence-corrected chi connectivity index (χ2v) is 7.93. The van der Waals surface area contributed by atoms with E-state index < -0.39 is 5.97 Å². The summed E-state index contributed by atoms with van der Waals surface area (Å²) in [5, 5.41) is 9.48. The molecule has 1 heterocycles. The van der Waals surface area contributed by atoms with Gasteiger partial charge in [0.1, 0.15) is 17.1 Å². The van der Waals surface area contributed by atoms with Gasteiger partial charge in [-0.3, -0.25) is 4.79 Å². The number of carbonyl (C=O) groups is 2. The first-order valence-corrected chi connectivity index (χ1v) is 9.40. The average molecular weight is 382 g/mol. The molecule has 6 nitrogen and oxygen atoms in total. The Morgan fingerprint density at radius 1 is 0.964 bits per heavy atom. The summed E-state index contributed by atoms with van der Waals surface area (Å²) in [5.41, 5.74) is 0.620. The maximum atomic E-state index is 12.5. The number of nitrogens with zero attached hydrogens (tertiary/aromatic N) is 2. The summed E-state index contributed by atoms with van der Waals surface area (Å²) in [6, 6.07) is 14.3. The van der Waals surface area contributed by atoms with Crippen molar-refractivity contribution in [1.82, 2.24) is 4.90 Å². The largest absolute Gasteiger partial charge is 0.478 e. The number of carbonyl (C=O) groups excluding carboxylic acids is 1. The lowest BCUT2D eigenvalue weighted by Gasteiger charge is -2.38. The molecule has 6 heteroatoms. The van der Waals surface area contributed by atoms with Crippen LogP contribution in [-0.2, 0) is 4.79 Å². The van der Waals surface area contributed by atoms with Crippen molar-refractivity contribution >= 4 is 17.6 Å². The number of aromatic carboxylic acids is 1. The molecule has 0 bridgehead atoms. The number of carboxylic acid groups (broad SMARTS) is 1. The third-order valence-corrected chi connectivity index (χ3v) is 4.74. The summed E-state index contributed by atoms with van der Waals surface area (Å²) >= 11 is 0. The average Bonchev–Trinajstić information content (AvgIpc) is 2.67. The van der Waals surface area contributed by atoms with E-state index in [0.29, 0.717) is 37.7 Å². The minimum absolute atomic E-state index is 0.120. The number of carboxylic acids is 1. The summed E-state index contributed by atoms with van der Waals surface area (Å²) in [5.74, 6) is 0.0201. The van der Waals surface area contributed by atoms with Gasteiger partial charge in [0.2, 0.25) is 5.91 Å². The SMILES string of the molecule is CC(C)(C)C(=O)N1CCN(c2ccc(C(=O)O)c(Oc3ccccc3)c2)CC1. The molecule has 0 saturated carbocycles. The van der Waals surface area contributed by atoms with Crippen LogP contribution in [0.1, 0.15) is 31.1 Å². The molecule has 1 N–H and O–H groups in total. The maximum Gasteiger partial charge on any atom is 0.339 e. The van der Waals surface area contributed by atoms with Gasteiger partial charge in [-0.25, -0.2) is 4.79 Å². The Morgan fingerprint density at radius 2 is 1.61 bits per heavy atom. The van der Waals surface area contributed by atoms with Crippen LogP contribution >= 0.6 is 0 Å². The lowest BCUT2D eigenvalue weighted by molar-refractivity contribution is -0.139. The fourth-order valence-electron chi connectivity index (χ4n) is 3.23. The fourth-order valence-corrected chi connectivity index (χ4v) is 3.23. The van der Waals surface area contributed by atoms with Gasteiger partial charge in [-0.1, -0.05) is 39.0 Å². The van der Waals surface area contributed by atoms with Crippen LogP contribution in [0.25, 0.3) is 0 Å². The number of ether oxygens (including phenoxy) is 1. The van der Waals surface area contributed by atoms with Crippen molar-refractivity contribution in [3.05, 3.63) is 54.1 Å². The molecule has 0 spiro atoms. The smallest absolute Gasteiger partial charge is 0.339 e. The van der Waals surface area contributed by atoms with E-state index in [-0.39, 0.29) is 16.9 Å².